The van der Waals surface area contributed by atoms with Crippen LogP contribution >= 0.6 is 0 Å². The van der Waals surface area contributed by atoms with Crippen LogP contribution < -0.4 is 0 Å². The first-order valence-corrected chi connectivity index (χ1v) is 17.5. The van der Waals surface area contributed by atoms with Crippen molar-refractivity contribution in [2.24, 2.45) is 5.92 Å². The highest BCUT2D eigenvalue weighted by atomic mass is 16.6. The predicted molar refractivity (Wildman–Crippen MR) is 166 cm³/mol. The second kappa shape index (κ2) is 22.2. The Bertz CT molecular complexity index is 754. The molecule has 244 valence electrons. The zero-order valence-corrected chi connectivity index (χ0v) is 26.9. The number of rotatable bonds is 26. The summed E-state index contributed by atoms with van der Waals surface area (Å²) in [6.07, 6.45) is 21.5. The Hall–Kier alpha value is -1.31. The summed E-state index contributed by atoms with van der Waals surface area (Å²) in [7, 11) is 0. The maximum Gasteiger partial charge on any atom is 0.309 e. The van der Waals surface area contributed by atoms with Gasteiger partial charge in [-0.3, -0.25) is 9.59 Å². The Balaban J connectivity index is 1.42. The molecule has 6 atom stereocenters. The third-order valence-corrected chi connectivity index (χ3v) is 9.18. The largest absolute Gasteiger partial charge is 0.462 e. The minimum Gasteiger partial charge on any atom is -0.462 e. The fraction of sp³-hybridized carbons (Fsp3) is 0.914. The summed E-state index contributed by atoms with van der Waals surface area (Å²) in [6, 6.07) is 0. The monoisotopic (exact) mass is 594 g/mol. The number of ketones is 2. The first kappa shape index (κ1) is 36.9. The fourth-order valence-corrected chi connectivity index (χ4v) is 6.55. The van der Waals surface area contributed by atoms with Crippen LogP contribution in [0.3, 0.4) is 0 Å². The fourth-order valence-electron chi connectivity index (χ4n) is 6.55. The Kier molecular flexibility index (Phi) is 19.5. The van der Waals surface area contributed by atoms with Crippen molar-refractivity contribution >= 4 is 17.5 Å². The molecule has 0 aromatic rings. The average molecular weight is 595 g/mol. The van der Waals surface area contributed by atoms with Crippen LogP contribution in [-0.2, 0) is 23.9 Å². The topological polar surface area (TPSA) is 110 Å². The first-order valence-electron chi connectivity index (χ1n) is 17.5. The molecule has 0 spiro atoms. The Morgan fingerprint density at radius 3 is 1.83 bits per heavy atom. The Labute approximate surface area is 255 Å². The van der Waals surface area contributed by atoms with Crippen molar-refractivity contribution in [2.45, 2.75) is 198 Å². The van der Waals surface area contributed by atoms with Crippen LogP contribution in [-0.4, -0.2) is 58.3 Å². The highest BCUT2D eigenvalue weighted by molar-refractivity contribution is 5.83. The lowest BCUT2D eigenvalue weighted by Crippen LogP contribution is -2.31. The van der Waals surface area contributed by atoms with Gasteiger partial charge in [0, 0.05) is 19.3 Å². The molecule has 0 radical (unpaired) electrons. The van der Waals surface area contributed by atoms with Crippen LogP contribution in [0.15, 0.2) is 0 Å². The number of unbranched alkanes of at least 4 members (excludes halogenated alkanes) is 12. The molecule has 2 fully saturated rings. The standard InChI is InChI=1S/C35H62O7/c1-3-4-5-6-7-8-9-10-11-15-21-31(38)33-23-24-34(42-33)32(39)22-17-16-19-29(37)18-13-12-14-20-30-26-28(25-27(2)36)35(40)41-30/h28,30-34,38-39H,3-26H2,1-2H3/t28?,30?,31-,32-,33-,34-/m0/s1. The van der Waals surface area contributed by atoms with Crippen LogP contribution in [0.4, 0.5) is 0 Å². The van der Waals surface area contributed by atoms with Crippen LogP contribution in [0.5, 0.6) is 0 Å². The molecule has 2 N–H and O–H groups in total. The van der Waals surface area contributed by atoms with Crippen LogP contribution in [0.25, 0.3) is 0 Å². The maximum atomic E-state index is 12.3. The molecule has 7 heteroatoms. The number of carbonyl (C=O) groups excluding carboxylic acids is 3. The van der Waals surface area contributed by atoms with E-state index in [2.05, 4.69) is 6.92 Å². The molecule has 0 aromatic carbocycles. The molecule has 7 nitrogen and oxygen atoms in total. The van der Waals surface area contributed by atoms with Gasteiger partial charge in [0.1, 0.15) is 17.7 Å². The van der Waals surface area contributed by atoms with Crippen molar-refractivity contribution in [1.29, 1.82) is 0 Å². The lowest BCUT2D eigenvalue weighted by atomic mass is 9.96. The normalized spacial score (nSPS) is 23.7. The highest BCUT2D eigenvalue weighted by Gasteiger charge is 2.35. The number of hydrogen-bond acceptors (Lipinski definition) is 7. The number of hydrogen-bond donors (Lipinski definition) is 2. The Morgan fingerprint density at radius 2 is 1.26 bits per heavy atom. The van der Waals surface area contributed by atoms with Gasteiger partial charge in [-0.25, -0.2) is 0 Å². The van der Waals surface area contributed by atoms with E-state index in [1.54, 1.807) is 0 Å². The molecule has 0 saturated carbocycles. The molecule has 2 heterocycles. The average Bonchev–Trinajstić information content (AvgIpc) is 3.58. The van der Waals surface area contributed by atoms with Crippen molar-refractivity contribution in [2.75, 3.05) is 0 Å². The summed E-state index contributed by atoms with van der Waals surface area (Å²) in [4.78, 5) is 35.3. The van der Waals surface area contributed by atoms with E-state index in [1.807, 2.05) is 0 Å². The molecule has 42 heavy (non-hydrogen) atoms. The zero-order valence-electron chi connectivity index (χ0n) is 26.9. The molecule has 0 amide bonds. The van der Waals surface area contributed by atoms with Gasteiger partial charge < -0.3 is 24.5 Å². The maximum absolute atomic E-state index is 12.3. The van der Waals surface area contributed by atoms with Gasteiger partial charge in [0.25, 0.3) is 0 Å². The van der Waals surface area contributed by atoms with Crippen LogP contribution in [0, 0.1) is 5.92 Å². The molecule has 2 aliphatic rings. The zero-order chi connectivity index (χ0) is 30.6. The second-order valence-corrected chi connectivity index (χ2v) is 13.2. The molecule has 0 bridgehead atoms. The van der Waals surface area contributed by atoms with E-state index in [9.17, 15) is 24.6 Å². The van der Waals surface area contributed by atoms with Crippen LogP contribution in [0.1, 0.15) is 168 Å². The van der Waals surface area contributed by atoms with E-state index in [1.165, 1.54) is 64.7 Å². The van der Waals surface area contributed by atoms with E-state index in [-0.39, 0.29) is 48.2 Å². The Morgan fingerprint density at radius 1 is 0.762 bits per heavy atom. The van der Waals surface area contributed by atoms with Gasteiger partial charge in [-0.05, 0) is 64.7 Å². The van der Waals surface area contributed by atoms with Crippen molar-refractivity contribution in [3.8, 4) is 0 Å². The summed E-state index contributed by atoms with van der Waals surface area (Å²) >= 11 is 0. The predicted octanol–water partition coefficient (Wildman–Crippen LogP) is 7.56. The van der Waals surface area contributed by atoms with E-state index >= 15 is 0 Å². The lowest BCUT2D eigenvalue weighted by Gasteiger charge is -2.22. The molecular weight excluding hydrogens is 532 g/mol. The number of carbonyl (C=O) groups is 3. The minimum absolute atomic E-state index is 0.0241. The summed E-state index contributed by atoms with van der Waals surface area (Å²) in [5, 5.41) is 21.2. The lowest BCUT2D eigenvalue weighted by molar-refractivity contribution is -0.145. The molecule has 2 rings (SSSR count). The number of Topliss-reactive ketones (excluding diaryl/α,β-unsaturated/α-hetero) is 2. The van der Waals surface area contributed by atoms with Crippen molar-refractivity contribution in [1.82, 2.24) is 0 Å². The van der Waals surface area contributed by atoms with E-state index in [4.69, 9.17) is 9.47 Å². The third-order valence-electron chi connectivity index (χ3n) is 9.18. The summed E-state index contributed by atoms with van der Waals surface area (Å²) in [6.45, 7) is 3.76. The first-order chi connectivity index (χ1) is 20.3. The molecule has 2 saturated heterocycles. The molecule has 2 aliphatic heterocycles. The van der Waals surface area contributed by atoms with E-state index in [0.29, 0.717) is 25.7 Å². The summed E-state index contributed by atoms with van der Waals surface area (Å²) in [5.41, 5.74) is 0. The summed E-state index contributed by atoms with van der Waals surface area (Å²) < 4.78 is 11.4. The van der Waals surface area contributed by atoms with Gasteiger partial charge >= 0.3 is 5.97 Å². The smallest absolute Gasteiger partial charge is 0.309 e. The quantitative estimate of drug-likeness (QED) is 0.0785. The summed E-state index contributed by atoms with van der Waals surface area (Å²) in [5.74, 6) is -0.228. The SMILES string of the molecule is CCCCCCCCCCCC[C@H](O)[C@@H]1CC[C@@H]([C@@H](O)CCCCC(=O)CCCCCC2CC(CC(C)=O)C(=O)O2)O1. The number of aliphatic hydroxyl groups is 2. The molecule has 0 aliphatic carbocycles. The number of aliphatic hydroxyl groups excluding tert-OH is 2. The molecule has 0 aromatic heterocycles. The second-order valence-electron chi connectivity index (χ2n) is 13.2. The van der Waals surface area contributed by atoms with E-state index in [0.717, 1.165) is 64.2 Å². The van der Waals surface area contributed by atoms with Crippen molar-refractivity contribution < 1.29 is 34.1 Å². The number of ether oxygens (including phenoxy) is 2. The van der Waals surface area contributed by atoms with Crippen molar-refractivity contribution in [3.05, 3.63) is 0 Å². The van der Waals surface area contributed by atoms with Crippen molar-refractivity contribution in [3.63, 3.8) is 0 Å². The van der Waals surface area contributed by atoms with Gasteiger partial charge in [-0.15, -0.1) is 0 Å². The van der Waals surface area contributed by atoms with Gasteiger partial charge in [-0.2, -0.15) is 0 Å². The van der Waals surface area contributed by atoms with Crippen LogP contribution in [0.2, 0.25) is 0 Å². The molecular formula is C35H62O7. The molecule has 2 unspecified atom stereocenters. The van der Waals surface area contributed by atoms with Gasteiger partial charge in [0.15, 0.2) is 0 Å². The third kappa shape index (κ3) is 16.0. The highest BCUT2D eigenvalue weighted by Crippen LogP contribution is 2.29. The van der Waals surface area contributed by atoms with Gasteiger partial charge in [0.2, 0.25) is 0 Å². The van der Waals surface area contributed by atoms with E-state index < -0.39 is 12.2 Å². The minimum atomic E-state index is -0.533. The van der Waals surface area contributed by atoms with Gasteiger partial charge in [0.05, 0.1) is 30.3 Å². The number of esters is 1. The van der Waals surface area contributed by atoms with Gasteiger partial charge in [-0.1, -0.05) is 84.0 Å². The number of cyclic esters (lactones) is 1.